The van der Waals surface area contributed by atoms with Crippen LogP contribution in [0.25, 0.3) is 11.4 Å². The molecule has 0 aliphatic carbocycles. The van der Waals surface area contributed by atoms with Gasteiger partial charge in [-0.1, -0.05) is 19.1 Å². The summed E-state index contributed by atoms with van der Waals surface area (Å²) in [7, 11) is 0. The molecular weight excluding hydrogens is 304 g/mol. The number of imidazole rings is 1. The lowest BCUT2D eigenvalue weighted by Gasteiger charge is -2.24. The SMILES string of the molecule is CCCC(=O)N1CCCC1C(=O)Nc1cccc(-c2ncc[nH]2)c1. The minimum Gasteiger partial charge on any atom is -0.345 e. The maximum Gasteiger partial charge on any atom is 0.247 e. The molecule has 1 aromatic carbocycles. The van der Waals surface area contributed by atoms with E-state index in [0.717, 1.165) is 30.7 Å². The highest BCUT2D eigenvalue weighted by atomic mass is 16.2. The molecule has 126 valence electrons. The molecule has 1 unspecified atom stereocenters. The van der Waals surface area contributed by atoms with E-state index >= 15 is 0 Å². The van der Waals surface area contributed by atoms with Gasteiger partial charge in [0.1, 0.15) is 11.9 Å². The fraction of sp³-hybridized carbons (Fsp3) is 0.389. The molecule has 2 heterocycles. The van der Waals surface area contributed by atoms with Crippen LogP contribution >= 0.6 is 0 Å². The van der Waals surface area contributed by atoms with E-state index < -0.39 is 0 Å². The van der Waals surface area contributed by atoms with Crippen molar-refractivity contribution in [1.82, 2.24) is 14.9 Å². The summed E-state index contributed by atoms with van der Waals surface area (Å²) in [5, 5.41) is 2.94. The average Bonchev–Trinajstić information content (AvgIpc) is 3.27. The third kappa shape index (κ3) is 3.48. The molecule has 6 heteroatoms. The zero-order valence-electron chi connectivity index (χ0n) is 13.8. The molecule has 1 aliphatic heterocycles. The van der Waals surface area contributed by atoms with E-state index in [1.807, 2.05) is 31.2 Å². The van der Waals surface area contributed by atoms with Crippen LogP contribution in [0, 0.1) is 0 Å². The molecular formula is C18H22N4O2. The van der Waals surface area contributed by atoms with E-state index in [1.165, 1.54) is 0 Å². The molecule has 1 aromatic heterocycles. The molecule has 6 nitrogen and oxygen atoms in total. The van der Waals surface area contributed by atoms with Gasteiger partial charge < -0.3 is 15.2 Å². The number of nitrogens with one attached hydrogen (secondary N) is 2. The molecule has 1 fully saturated rings. The Hall–Kier alpha value is -2.63. The van der Waals surface area contributed by atoms with Crippen molar-refractivity contribution in [2.24, 2.45) is 0 Å². The maximum atomic E-state index is 12.6. The first-order valence-electron chi connectivity index (χ1n) is 8.39. The number of carbonyl (C=O) groups excluding carboxylic acids is 2. The smallest absolute Gasteiger partial charge is 0.247 e. The second-order valence-electron chi connectivity index (χ2n) is 6.00. The van der Waals surface area contributed by atoms with E-state index in [2.05, 4.69) is 15.3 Å². The van der Waals surface area contributed by atoms with E-state index in [0.29, 0.717) is 18.7 Å². The number of amides is 2. The van der Waals surface area contributed by atoms with Crippen molar-refractivity contribution in [3.8, 4) is 11.4 Å². The average molecular weight is 326 g/mol. The van der Waals surface area contributed by atoms with E-state index in [9.17, 15) is 9.59 Å². The summed E-state index contributed by atoms with van der Waals surface area (Å²) in [6.07, 6.45) is 6.35. The van der Waals surface area contributed by atoms with Crippen LogP contribution < -0.4 is 5.32 Å². The number of nitrogens with zero attached hydrogens (tertiary/aromatic N) is 2. The van der Waals surface area contributed by atoms with E-state index in [-0.39, 0.29) is 17.9 Å². The predicted octanol–water partition coefficient (Wildman–Crippen LogP) is 2.81. The molecule has 1 aliphatic rings. The topological polar surface area (TPSA) is 78.1 Å². The molecule has 2 amide bonds. The zero-order chi connectivity index (χ0) is 16.9. The summed E-state index contributed by atoms with van der Waals surface area (Å²) in [6, 6.07) is 7.17. The van der Waals surface area contributed by atoms with Gasteiger partial charge >= 0.3 is 0 Å². The lowest BCUT2D eigenvalue weighted by molar-refractivity contribution is -0.136. The Morgan fingerprint density at radius 2 is 2.29 bits per heavy atom. The van der Waals surface area contributed by atoms with Gasteiger partial charge in [-0.3, -0.25) is 9.59 Å². The van der Waals surface area contributed by atoms with Crippen LogP contribution in [0.2, 0.25) is 0 Å². The molecule has 0 spiro atoms. The molecule has 2 aromatic rings. The van der Waals surface area contributed by atoms with Crippen LogP contribution in [0.5, 0.6) is 0 Å². The number of benzene rings is 1. The zero-order valence-corrected chi connectivity index (χ0v) is 13.8. The first-order valence-corrected chi connectivity index (χ1v) is 8.39. The van der Waals surface area contributed by atoms with E-state index in [4.69, 9.17) is 0 Å². The van der Waals surface area contributed by atoms with Crippen LogP contribution in [0.4, 0.5) is 5.69 Å². The van der Waals surface area contributed by atoms with Gasteiger partial charge in [0.25, 0.3) is 0 Å². The second-order valence-corrected chi connectivity index (χ2v) is 6.00. The largest absolute Gasteiger partial charge is 0.345 e. The first-order chi connectivity index (χ1) is 11.7. The van der Waals surface area contributed by atoms with Crippen molar-refractivity contribution in [1.29, 1.82) is 0 Å². The van der Waals surface area contributed by atoms with Crippen LogP contribution in [0.15, 0.2) is 36.7 Å². The lowest BCUT2D eigenvalue weighted by atomic mass is 10.1. The van der Waals surface area contributed by atoms with Crippen LogP contribution in [-0.2, 0) is 9.59 Å². The van der Waals surface area contributed by atoms with Crippen LogP contribution in [0.3, 0.4) is 0 Å². The summed E-state index contributed by atoms with van der Waals surface area (Å²) in [6.45, 7) is 2.65. The predicted molar refractivity (Wildman–Crippen MR) is 92.3 cm³/mol. The highest BCUT2D eigenvalue weighted by Gasteiger charge is 2.33. The van der Waals surface area contributed by atoms with Crippen molar-refractivity contribution in [2.75, 3.05) is 11.9 Å². The number of aromatic amines is 1. The van der Waals surface area contributed by atoms with Crippen molar-refractivity contribution in [2.45, 2.75) is 38.6 Å². The highest BCUT2D eigenvalue weighted by molar-refractivity contribution is 5.97. The number of carbonyl (C=O) groups is 2. The van der Waals surface area contributed by atoms with Gasteiger partial charge in [-0.05, 0) is 31.4 Å². The summed E-state index contributed by atoms with van der Waals surface area (Å²) in [5.74, 6) is 0.708. The first kappa shape index (κ1) is 16.2. The van der Waals surface area contributed by atoms with Gasteiger partial charge in [-0.2, -0.15) is 0 Å². The Labute approximate surface area is 141 Å². The number of hydrogen-bond donors (Lipinski definition) is 2. The maximum absolute atomic E-state index is 12.6. The van der Waals surface area contributed by atoms with Crippen LogP contribution in [-0.4, -0.2) is 39.3 Å². The molecule has 3 rings (SSSR count). The summed E-state index contributed by atoms with van der Waals surface area (Å²) in [4.78, 5) is 33.7. The normalized spacial score (nSPS) is 17.0. The molecule has 24 heavy (non-hydrogen) atoms. The van der Waals surface area contributed by atoms with Gasteiger partial charge in [0.2, 0.25) is 11.8 Å². The van der Waals surface area contributed by atoms with Crippen molar-refractivity contribution in [3.05, 3.63) is 36.7 Å². The number of H-pyrrole nitrogens is 1. The molecule has 0 radical (unpaired) electrons. The number of likely N-dealkylation sites (tertiary alicyclic amines) is 1. The fourth-order valence-corrected chi connectivity index (χ4v) is 3.09. The minimum atomic E-state index is -0.365. The molecule has 2 N–H and O–H groups in total. The third-order valence-electron chi connectivity index (χ3n) is 4.24. The Balaban J connectivity index is 1.70. The molecule has 1 saturated heterocycles. The number of aromatic nitrogens is 2. The Bertz CT molecular complexity index is 712. The third-order valence-corrected chi connectivity index (χ3v) is 4.24. The monoisotopic (exact) mass is 326 g/mol. The summed E-state index contributed by atoms with van der Waals surface area (Å²) in [5.41, 5.74) is 1.62. The van der Waals surface area contributed by atoms with Crippen molar-refractivity contribution >= 4 is 17.5 Å². The summed E-state index contributed by atoms with van der Waals surface area (Å²) < 4.78 is 0. The lowest BCUT2D eigenvalue weighted by Crippen LogP contribution is -2.43. The Kier molecular flexibility index (Phi) is 4.93. The van der Waals surface area contributed by atoms with Crippen LogP contribution in [0.1, 0.15) is 32.6 Å². The van der Waals surface area contributed by atoms with Gasteiger partial charge in [0, 0.05) is 36.6 Å². The van der Waals surface area contributed by atoms with Gasteiger partial charge in [-0.15, -0.1) is 0 Å². The number of hydrogen-bond acceptors (Lipinski definition) is 3. The van der Waals surface area contributed by atoms with Crippen molar-refractivity contribution in [3.63, 3.8) is 0 Å². The second kappa shape index (κ2) is 7.29. The Morgan fingerprint density at radius 1 is 1.42 bits per heavy atom. The quantitative estimate of drug-likeness (QED) is 0.887. The molecule has 0 saturated carbocycles. The Morgan fingerprint density at radius 3 is 3.04 bits per heavy atom. The van der Waals surface area contributed by atoms with Gasteiger partial charge in [-0.25, -0.2) is 4.98 Å². The number of anilines is 1. The van der Waals surface area contributed by atoms with Crippen molar-refractivity contribution < 1.29 is 9.59 Å². The number of rotatable bonds is 5. The standard InChI is InChI=1S/C18H22N4O2/c1-2-5-16(23)22-11-4-8-15(22)18(24)21-14-7-3-6-13(12-14)17-19-9-10-20-17/h3,6-7,9-10,12,15H,2,4-5,8,11H2,1H3,(H,19,20)(H,21,24). The summed E-state index contributed by atoms with van der Waals surface area (Å²) >= 11 is 0. The molecule has 1 atom stereocenters. The minimum absolute atomic E-state index is 0.0690. The highest BCUT2D eigenvalue weighted by Crippen LogP contribution is 2.23. The van der Waals surface area contributed by atoms with Gasteiger partial charge in [0.15, 0.2) is 0 Å². The van der Waals surface area contributed by atoms with Gasteiger partial charge in [0.05, 0.1) is 0 Å². The fourth-order valence-electron chi connectivity index (χ4n) is 3.09. The van der Waals surface area contributed by atoms with E-state index in [1.54, 1.807) is 17.3 Å². The molecule has 0 bridgehead atoms.